The van der Waals surface area contributed by atoms with E-state index in [1.165, 1.54) is 5.56 Å². The van der Waals surface area contributed by atoms with Gasteiger partial charge in [-0.25, -0.2) is 0 Å². The number of aromatic nitrogens is 2. The molecule has 0 bridgehead atoms. The van der Waals surface area contributed by atoms with E-state index >= 15 is 0 Å². The van der Waals surface area contributed by atoms with Crippen LogP contribution in [0, 0.1) is 6.92 Å². The number of hydrogen-bond acceptors (Lipinski definition) is 6. The normalized spacial score (nSPS) is 11.1. The third-order valence-electron chi connectivity index (χ3n) is 3.35. The summed E-state index contributed by atoms with van der Waals surface area (Å²) in [4.78, 5) is 7.54. The van der Waals surface area contributed by atoms with Crippen molar-refractivity contribution in [3.8, 4) is 16.5 Å². The monoisotopic (exact) mass is 329 g/mol. The maximum atomic E-state index is 5.75. The summed E-state index contributed by atoms with van der Waals surface area (Å²) in [6.07, 6.45) is 0. The summed E-state index contributed by atoms with van der Waals surface area (Å²) in [6, 6.07) is 12.0. The van der Waals surface area contributed by atoms with Crippen molar-refractivity contribution in [2.75, 3.05) is 20.2 Å². The van der Waals surface area contributed by atoms with Crippen LogP contribution in [0.5, 0.6) is 5.75 Å². The van der Waals surface area contributed by atoms with E-state index in [-0.39, 0.29) is 0 Å². The quantitative estimate of drug-likeness (QED) is 0.663. The van der Waals surface area contributed by atoms with Crippen molar-refractivity contribution >= 4 is 11.3 Å². The molecule has 0 fully saturated rings. The first-order valence-electron chi connectivity index (χ1n) is 7.45. The van der Waals surface area contributed by atoms with Crippen molar-refractivity contribution in [1.29, 1.82) is 0 Å². The molecule has 0 amide bonds. The highest BCUT2D eigenvalue weighted by molar-refractivity contribution is 7.13. The summed E-state index contributed by atoms with van der Waals surface area (Å²) in [6.45, 7) is 4.06. The molecule has 0 aliphatic heterocycles. The van der Waals surface area contributed by atoms with Crippen LogP contribution < -0.4 is 4.74 Å². The zero-order valence-electron chi connectivity index (χ0n) is 13.2. The van der Waals surface area contributed by atoms with Gasteiger partial charge >= 0.3 is 0 Å². The van der Waals surface area contributed by atoms with Gasteiger partial charge in [0.05, 0.1) is 11.4 Å². The summed E-state index contributed by atoms with van der Waals surface area (Å²) in [7, 11) is 2.01. The summed E-state index contributed by atoms with van der Waals surface area (Å²) >= 11 is 1.60. The molecule has 0 saturated carbocycles. The molecule has 0 saturated heterocycles. The Morgan fingerprint density at radius 2 is 2.17 bits per heavy atom. The van der Waals surface area contributed by atoms with E-state index < -0.39 is 0 Å². The van der Waals surface area contributed by atoms with Gasteiger partial charge in [-0.3, -0.25) is 4.90 Å². The Kier molecular flexibility index (Phi) is 5.05. The van der Waals surface area contributed by atoms with Gasteiger partial charge in [-0.1, -0.05) is 23.4 Å². The molecule has 0 spiro atoms. The molecule has 23 heavy (non-hydrogen) atoms. The number of aryl methyl sites for hydroxylation is 1. The number of benzene rings is 1. The maximum Gasteiger partial charge on any atom is 0.241 e. The Hall–Kier alpha value is -2.18. The van der Waals surface area contributed by atoms with E-state index in [9.17, 15) is 0 Å². The summed E-state index contributed by atoms with van der Waals surface area (Å²) in [5.41, 5.74) is 1.20. The minimum absolute atomic E-state index is 0.607. The van der Waals surface area contributed by atoms with Crippen LogP contribution in [0.15, 0.2) is 46.3 Å². The van der Waals surface area contributed by atoms with Gasteiger partial charge in [0.2, 0.25) is 11.7 Å². The fourth-order valence-electron chi connectivity index (χ4n) is 2.16. The van der Waals surface area contributed by atoms with Crippen molar-refractivity contribution in [1.82, 2.24) is 15.0 Å². The number of likely N-dealkylation sites (N-methyl/N-ethyl adjacent to an activating group) is 1. The largest absolute Gasteiger partial charge is 0.492 e. The summed E-state index contributed by atoms with van der Waals surface area (Å²) in [5, 5.41) is 6.02. The van der Waals surface area contributed by atoms with Crippen LogP contribution in [0.1, 0.15) is 11.5 Å². The second-order valence-electron chi connectivity index (χ2n) is 5.39. The lowest BCUT2D eigenvalue weighted by atomic mass is 10.2. The average molecular weight is 329 g/mol. The minimum Gasteiger partial charge on any atom is -0.492 e. The molecule has 120 valence electrons. The Morgan fingerprint density at radius 3 is 2.96 bits per heavy atom. The molecule has 0 unspecified atom stereocenters. The van der Waals surface area contributed by atoms with Gasteiger partial charge < -0.3 is 9.26 Å². The summed E-state index contributed by atoms with van der Waals surface area (Å²) < 4.78 is 11.1. The van der Waals surface area contributed by atoms with Gasteiger partial charge in [0, 0.05) is 6.54 Å². The van der Waals surface area contributed by atoms with Crippen LogP contribution in [0.2, 0.25) is 0 Å². The van der Waals surface area contributed by atoms with Crippen LogP contribution in [0.25, 0.3) is 10.7 Å². The second-order valence-corrected chi connectivity index (χ2v) is 6.34. The van der Waals surface area contributed by atoms with E-state index in [1.54, 1.807) is 11.3 Å². The second kappa shape index (κ2) is 7.39. The summed E-state index contributed by atoms with van der Waals surface area (Å²) in [5.74, 6) is 2.17. The molecular weight excluding hydrogens is 310 g/mol. The topological polar surface area (TPSA) is 51.4 Å². The molecule has 0 aliphatic rings. The van der Waals surface area contributed by atoms with Gasteiger partial charge in [0.1, 0.15) is 12.4 Å². The van der Waals surface area contributed by atoms with Crippen LogP contribution in [-0.2, 0) is 6.54 Å². The van der Waals surface area contributed by atoms with E-state index in [2.05, 4.69) is 28.0 Å². The van der Waals surface area contributed by atoms with Crippen molar-refractivity contribution in [3.63, 3.8) is 0 Å². The third-order valence-corrected chi connectivity index (χ3v) is 4.21. The average Bonchev–Trinajstić information content (AvgIpc) is 3.18. The van der Waals surface area contributed by atoms with Gasteiger partial charge in [-0.15, -0.1) is 11.3 Å². The smallest absolute Gasteiger partial charge is 0.241 e. The molecule has 2 aromatic heterocycles. The van der Waals surface area contributed by atoms with Crippen molar-refractivity contribution in [2.24, 2.45) is 0 Å². The van der Waals surface area contributed by atoms with Crippen LogP contribution >= 0.6 is 11.3 Å². The van der Waals surface area contributed by atoms with Crippen LogP contribution in [0.4, 0.5) is 0 Å². The van der Waals surface area contributed by atoms with Crippen LogP contribution in [0.3, 0.4) is 0 Å². The molecule has 0 N–H and O–H groups in total. The lowest BCUT2D eigenvalue weighted by Gasteiger charge is -2.14. The number of nitrogens with zero attached hydrogens (tertiary/aromatic N) is 3. The molecule has 5 nitrogen and oxygen atoms in total. The zero-order chi connectivity index (χ0) is 16.1. The fraction of sp³-hybridized carbons (Fsp3) is 0.294. The lowest BCUT2D eigenvalue weighted by Crippen LogP contribution is -2.24. The fourth-order valence-corrected chi connectivity index (χ4v) is 2.81. The first kappa shape index (κ1) is 15.7. The van der Waals surface area contributed by atoms with Crippen molar-refractivity contribution < 1.29 is 9.26 Å². The lowest BCUT2D eigenvalue weighted by molar-refractivity contribution is 0.213. The first-order valence-corrected chi connectivity index (χ1v) is 8.33. The third kappa shape index (κ3) is 4.40. The molecule has 0 radical (unpaired) electrons. The molecule has 3 rings (SSSR count). The van der Waals surface area contributed by atoms with Gasteiger partial charge in [0.25, 0.3) is 0 Å². The Morgan fingerprint density at radius 1 is 1.26 bits per heavy atom. The SMILES string of the molecule is Cc1cccc(OCCN(C)Cc2nc(-c3cccs3)no2)c1. The molecule has 0 atom stereocenters. The minimum atomic E-state index is 0.607. The maximum absolute atomic E-state index is 5.75. The standard InChI is InChI=1S/C17H19N3O2S/c1-13-5-3-6-14(11-13)21-9-8-20(2)12-16-18-17(19-22-16)15-7-4-10-23-15/h3-7,10-11H,8-9,12H2,1-2H3. The Balaban J connectivity index is 1.47. The van der Waals surface area contributed by atoms with Crippen molar-refractivity contribution in [2.45, 2.75) is 13.5 Å². The molecule has 6 heteroatoms. The number of rotatable bonds is 7. The number of thiophene rings is 1. The van der Waals surface area contributed by atoms with Gasteiger partial charge in [-0.05, 0) is 43.1 Å². The highest BCUT2D eigenvalue weighted by Gasteiger charge is 2.11. The predicted molar refractivity (Wildman–Crippen MR) is 90.6 cm³/mol. The van der Waals surface area contributed by atoms with E-state index in [0.717, 1.165) is 17.2 Å². The van der Waals surface area contributed by atoms with Crippen molar-refractivity contribution in [3.05, 3.63) is 53.2 Å². The Bertz CT molecular complexity index is 740. The molecule has 1 aromatic carbocycles. The Labute approximate surface area is 139 Å². The molecular formula is C17H19N3O2S. The van der Waals surface area contributed by atoms with E-state index in [0.29, 0.717) is 24.9 Å². The highest BCUT2D eigenvalue weighted by atomic mass is 32.1. The van der Waals surface area contributed by atoms with E-state index in [1.807, 2.05) is 42.8 Å². The first-order chi connectivity index (χ1) is 11.2. The number of hydrogen-bond donors (Lipinski definition) is 0. The molecule has 0 aliphatic carbocycles. The van der Waals surface area contributed by atoms with E-state index in [4.69, 9.17) is 9.26 Å². The predicted octanol–water partition coefficient (Wildman–Crippen LogP) is 3.62. The number of ether oxygens (including phenoxy) is 1. The van der Waals surface area contributed by atoms with Gasteiger partial charge in [0.15, 0.2) is 0 Å². The van der Waals surface area contributed by atoms with Crippen LogP contribution in [-0.4, -0.2) is 35.2 Å². The molecule has 3 aromatic rings. The zero-order valence-corrected chi connectivity index (χ0v) is 14.0. The highest BCUT2D eigenvalue weighted by Crippen LogP contribution is 2.21. The van der Waals surface area contributed by atoms with Gasteiger partial charge in [-0.2, -0.15) is 4.98 Å². The molecule has 2 heterocycles.